The first-order valence-electron chi connectivity index (χ1n) is 12.9. The Kier molecular flexibility index (Phi) is 32.2. The molecule has 0 saturated carbocycles. The van der Waals surface area contributed by atoms with E-state index in [0.29, 0.717) is 5.88 Å². The van der Waals surface area contributed by atoms with Gasteiger partial charge in [-0.1, -0.05) is 27.7 Å². The van der Waals surface area contributed by atoms with Crippen LogP contribution < -0.4 is 0 Å². The van der Waals surface area contributed by atoms with Gasteiger partial charge in [0, 0.05) is 32.3 Å². The second kappa shape index (κ2) is 24.8. The van der Waals surface area contributed by atoms with Crippen LogP contribution in [0.5, 0.6) is 0 Å². The Labute approximate surface area is 222 Å². The first kappa shape index (κ1) is 44.1. The quantitative estimate of drug-likeness (QED) is 0.226. The molecule has 0 aromatic rings. The van der Waals surface area contributed by atoms with Crippen molar-refractivity contribution in [1.29, 1.82) is 0 Å². The van der Waals surface area contributed by atoms with Crippen LogP contribution in [0, 0.1) is 0 Å². The number of hydrogen-bond acceptors (Lipinski definition) is 4. The first-order chi connectivity index (χ1) is 14.7. The summed E-state index contributed by atoms with van der Waals surface area (Å²) in [7, 11) is 0. The third kappa shape index (κ3) is 69.7. The van der Waals surface area contributed by atoms with Gasteiger partial charge in [0.05, 0.1) is 22.4 Å². The fourth-order valence-electron chi connectivity index (χ4n) is 1.80. The highest BCUT2D eigenvalue weighted by Crippen LogP contribution is 2.08. The molecule has 34 heavy (non-hydrogen) atoms. The van der Waals surface area contributed by atoms with Crippen LogP contribution in [-0.4, -0.2) is 54.7 Å². The van der Waals surface area contributed by atoms with Crippen LogP contribution in [-0.2, 0) is 18.9 Å². The van der Waals surface area contributed by atoms with E-state index in [1.165, 1.54) is 12.8 Å². The average molecular weight is 515 g/mol. The van der Waals surface area contributed by atoms with Crippen LogP contribution in [0.2, 0.25) is 0 Å². The highest BCUT2D eigenvalue weighted by atomic mass is 35.5. The van der Waals surface area contributed by atoms with Crippen molar-refractivity contribution in [3.05, 3.63) is 0 Å². The fraction of sp³-hybridized carbons (Fsp3) is 1.00. The normalized spacial score (nSPS) is 11.6. The lowest BCUT2D eigenvalue weighted by Gasteiger charge is -2.18. The van der Waals surface area contributed by atoms with E-state index in [1.54, 1.807) is 0 Å². The Morgan fingerprint density at radius 1 is 0.471 bits per heavy atom. The van der Waals surface area contributed by atoms with E-state index < -0.39 is 0 Å². The van der Waals surface area contributed by atoms with E-state index in [2.05, 4.69) is 76.2 Å². The summed E-state index contributed by atoms with van der Waals surface area (Å²) in [6.45, 7) is 34.4. The molecular weight excluding hydrogens is 448 g/mol. The van der Waals surface area contributed by atoms with Crippen LogP contribution >= 0.6 is 11.6 Å². The topological polar surface area (TPSA) is 36.9 Å². The molecule has 0 rings (SSSR count). The summed E-state index contributed by atoms with van der Waals surface area (Å²) >= 11 is 5.45. The maximum absolute atomic E-state index is 5.47. The molecule has 5 heteroatoms. The van der Waals surface area contributed by atoms with Crippen LogP contribution in [0.25, 0.3) is 0 Å². The third-order valence-electron chi connectivity index (χ3n) is 3.16. The monoisotopic (exact) mass is 514 g/mol. The van der Waals surface area contributed by atoms with Gasteiger partial charge in [0.2, 0.25) is 0 Å². The zero-order valence-corrected chi connectivity index (χ0v) is 26.1. The van der Waals surface area contributed by atoms with Crippen molar-refractivity contribution in [3.8, 4) is 0 Å². The highest BCUT2D eigenvalue weighted by Gasteiger charge is 2.09. The number of hydrogen-bond donors (Lipinski definition) is 0. The lowest BCUT2D eigenvalue weighted by atomic mass is 10.2. The van der Waals surface area contributed by atoms with Gasteiger partial charge in [-0.2, -0.15) is 0 Å². The molecule has 0 N–H and O–H groups in total. The van der Waals surface area contributed by atoms with Gasteiger partial charge in [0.25, 0.3) is 0 Å². The Hall–Kier alpha value is 0.130. The van der Waals surface area contributed by atoms with Crippen molar-refractivity contribution < 1.29 is 18.9 Å². The lowest BCUT2D eigenvalue weighted by molar-refractivity contribution is -0.00427. The number of alkyl halides is 1. The minimum absolute atomic E-state index is 0. The summed E-state index contributed by atoms with van der Waals surface area (Å²) in [5.41, 5.74) is 0.145. The van der Waals surface area contributed by atoms with Crippen LogP contribution in [0.4, 0.5) is 0 Å². The number of unbranched alkanes of at least 4 members (excludes halogenated alkanes) is 1. The van der Waals surface area contributed by atoms with Gasteiger partial charge >= 0.3 is 0 Å². The molecule has 0 aromatic carbocycles. The predicted octanol–water partition coefficient (Wildman–Crippen LogP) is 9.70. The van der Waals surface area contributed by atoms with E-state index in [0.717, 1.165) is 39.3 Å². The van der Waals surface area contributed by atoms with Crippen molar-refractivity contribution in [2.75, 3.05) is 32.3 Å². The highest BCUT2D eigenvalue weighted by molar-refractivity contribution is 6.17. The van der Waals surface area contributed by atoms with Gasteiger partial charge in [0.15, 0.2) is 0 Å². The molecule has 0 heterocycles. The van der Waals surface area contributed by atoms with Gasteiger partial charge in [-0.05, 0) is 109 Å². The molecule has 0 atom stereocenters. The zero-order valence-electron chi connectivity index (χ0n) is 25.4. The summed E-state index contributed by atoms with van der Waals surface area (Å²) in [4.78, 5) is 0. The Morgan fingerprint density at radius 3 is 0.971 bits per heavy atom. The Morgan fingerprint density at radius 2 is 0.794 bits per heavy atom. The molecule has 214 valence electrons. The summed E-state index contributed by atoms with van der Waals surface area (Å²) in [6, 6.07) is 0. The van der Waals surface area contributed by atoms with Crippen molar-refractivity contribution in [2.45, 2.75) is 159 Å². The molecular formula is C29H67ClO4. The summed E-state index contributed by atoms with van der Waals surface area (Å²) in [6.07, 6.45) is 4.45. The van der Waals surface area contributed by atoms with Gasteiger partial charge < -0.3 is 18.9 Å². The van der Waals surface area contributed by atoms with Crippen LogP contribution in [0.15, 0.2) is 0 Å². The third-order valence-corrected chi connectivity index (χ3v) is 3.43. The maximum Gasteiger partial charge on any atom is 0.0598 e. The molecule has 0 aliphatic carbocycles. The Balaban J connectivity index is -0.000000109. The van der Waals surface area contributed by atoms with Gasteiger partial charge in [0.1, 0.15) is 0 Å². The van der Waals surface area contributed by atoms with E-state index in [9.17, 15) is 0 Å². The van der Waals surface area contributed by atoms with Gasteiger partial charge in [-0.3, -0.25) is 0 Å². The van der Waals surface area contributed by atoms with Crippen molar-refractivity contribution in [1.82, 2.24) is 0 Å². The molecule has 0 aliphatic heterocycles. The molecule has 0 saturated heterocycles. The van der Waals surface area contributed by atoms with Gasteiger partial charge in [-0.15, -0.1) is 11.6 Å². The average Bonchev–Trinajstić information content (AvgIpc) is 2.58. The van der Waals surface area contributed by atoms with Crippen molar-refractivity contribution in [2.24, 2.45) is 0 Å². The zero-order chi connectivity index (χ0) is 27.2. The second-order valence-corrected chi connectivity index (χ2v) is 12.2. The summed E-state index contributed by atoms with van der Waals surface area (Å²) in [5.74, 6) is 0.691. The molecule has 0 bridgehead atoms. The van der Waals surface area contributed by atoms with E-state index in [4.69, 9.17) is 30.5 Å². The predicted molar refractivity (Wildman–Crippen MR) is 156 cm³/mol. The smallest absolute Gasteiger partial charge is 0.0598 e. The van der Waals surface area contributed by atoms with Crippen LogP contribution in [0.3, 0.4) is 0 Å². The van der Waals surface area contributed by atoms with Crippen molar-refractivity contribution in [3.63, 3.8) is 0 Å². The minimum Gasteiger partial charge on any atom is -0.376 e. The molecule has 0 radical (unpaired) electrons. The Bertz CT molecular complexity index is 352. The molecule has 0 amide bonds. The number of halogens is 1. The van der Waals surface area contributed by atoms with E-state index in [1.807, 2.05) is 27.7 Å². The molecule has 0 aliphatic rings. The van der Waals surface area contributed by atoms with Gasteiger partial charge in [-0.25, -0.2) is 0 Å². The summed E-state index contributed by atoms with van der Waals surface area (Å²) < 4.78 is 21.5. The number of rotatable bonds is 9. The molecule has 0 unspecified atom stereocenters. The fourth-order valence-corrected chi connectivity index (χ4v) is 1.91. The second-order valence-electron chi connectivity index (χ2n) is 11.8. The standard InChI is InChI=1S/C8H18O.C7H15ClO.C7H16O.C6H14O.CH4/c1-5-6-7-9-8(2,3)4;1-7(2,3)9-6-4-5-8;1-5-6-8-7(2,3)4;1-5-7-6(2,3)4;/h5-7H2,1-4H3;4-6H2,1-3H3;5-6H2,1-4H3;5H2,1-4H3;1H4. The molecule has 0 aromatic heterocycles. The minimum atomic E-state index is -0.00788. The summed E-state index contributed by atoms with van der Waals surface area (Å²) in [5, 5.41) is 0. The van der Waals surface area contributed by atoms with Crippen LogP contribution in [0.1, 0.15) is 137 Å². The van der Waals surface area contributed by atoms with Crippen molar-refractivity contribution >= 4 is 11.6 Å². The maximum atomic E-state index is 5.47. The largest absolute Gasteiger partial charge is 0.376 e. The molecule has 4 nitrogen and oxygen atoms in total. The SMILES string of the molecule is C.CC(C)(C)OCCCCl.CCCCOC(C)(C)C.CCCOC(C)(C)C.CCOC(C)(C)C. The van der Waals surface area contributed by atoms with E-state index >= 15 is 0 Å². The molecule has 0 fully saturated rings. The first-order valence-corrected chi connectivity index (χ1v) is 13.4. The lowest BCUT2D eigenvalue weighted by Crippen LogP contribution is -2.19. The molecule has 0 spiro atoms. The number of ether oxygens (including phenoxy) is 4. The van der Waals surface area contributed by atoms with E-state index in [-0.39, 0.29) is 29.8 Å².